The van der Waals surface area contributed by atoms with E-state index in [1.807, 2.05) is 24.0 Å². The number of hydrogen-bond acceptors (Lipinski definition) is 3. The van der Waals surface area contributed by atoms with Crippen LogP contribution in [-0.2, 0) is 6.54 Å². The molecule has 0 aliphatic heterocycles. The second kappa shape index (κ2) is 6.03. The van der Waals surface area contributed by atoms with Crippen molar-refractivity contribution in [2.75, 3.05) is 12.8 Å². The highest BCUT2D eigenvalue weighted by atomic mass is 32.2. The lowest BCUT2D eigenvalue weighted by Gasteiger charge is -2.10. The van der Waals surface area contributed by atoms with E-state index in [-0.39, 0.29) is 0 Å². The van der Waals surface area contributed by atoms with Crippen molar-refractivity contribution >= 4 is 22.7 Å². The Bertz CT molecular complexity index is 484. The third kappa shape index (κ3) is 3.45. The van der Waals surface area contributed by atoms with Crippen LogP contribution in [0.1, 0.15) is 12.5 Å². The van der Waals surface area contributed by atoms with Crippen LogP contribution in [-0.4, -0.2) is 23.0 Å². The lowest BCUT2D eigenvalue weighted by molar-refractivity contribution is 0.685. The lowest BCUT2D eigenvalue weighted by Crippen LogP contribution is -2.21. The van der Waals surface area contributed by atoms with E-state index in [0.717, 1.165) is 18.6 Å². The van der Waals surface area contributed by atoms with Crippen LogP contribution in [0.4, 0.5) is 0 Å². The minimum atomic E-state index is 0.664. The molecule has 90 valence electrons. The van der Waals surface area contributed by atoms with Gasteiger partial charge in [0.15, 0.2) is 0 Å². The summed E-state index contributed by atoms with van der Waals surface area (Å²) >= 11 is 1.89. The first-order chi connectivity index (χ1) is 8.29. The molecule has 1 heterocycles. The number of hydrogen-bond donors (Lipinski definition) is 1. The number of nitrogens with one attached hydrogen (secondary N) is 1. The van der Waals surface area contributed by atoms with Gasteiger partial charge in [0.05, 0.1) is 5.52 Å². The molecule has 1 unspecified atom stereocenters. The number of rotatable bonds is 5. The topological polar surface area (TPSA) is 24.9 Å². The number of pyridine rings is 1. The summed E-state index contributed by atoms with van der Waals surface area (Å²) in [5.74, 6) is 0. The Hall–Kier alpha value is -1.06. The molecule has 1 aromatic carbocycles. The van der Waals surface area contributed by atoms with Gasteiger partial charge >= 0.3 is 0 Å². The molecule has 0 amide bonds. The molecule has 0 bridgehead atoms. The predicted molar refractivity (Wildman–Crippen MR) is 76.4 cm³/mol. The number of benzene rings is 1. The molecule has 0 fully saturated rings. The molecule has 0 spiro atoms. The molecular formula is C14H18N2S. The molecule has 3 heteroatoms. The van der Waals surface area contributed by atoms with Gasteiger partial charge < -0.3 is 5.32 Å². The van der Waals surface area contributed by atoms with Gasteiger partial charge in [-0.05, 0) is 30.0 Å². The van der Waals surface area contributed by atoms with Crippen molar-refractivity contribution < 1.29 is 0 Å². The van der Waals surface area contributed by atoms with Crippen LogP contribution in [0.25, 0.3) is 10.9 Å². The monoisotopic (exact) mass is 246 g/mol. The van der Waals surface area contributed by atoms with Crippen molar-refractivity contribution in [1.82, 2.24) is 10.3 Å². The number of nitrogens with zero attached hydrogens (tertiary/aromatic N) is 1. The zero-order chi connectivity index (χ0) is 12.1. The molecule has 0 radical (unpaired) electrons. The Morgan fingerprint density at radius 3 is 3.06 bits per heavy atom. The Morgan fingerprint density at radius 1 is 1.35 bits per heavy atom. The Balaban J connectivity index is 1.99. The zero-order valence-corrected chi connectivity index (χ0v) is 11.1. The SMILES string of the molecule is CSC(C)CNCc1ccc2ncccc2c1. The summed E-state index contributed by atoms with van der Waals surface area (Å²) in [6, 6.07) is 10.5. The van der Waals surface area contributed by atoms with Crippen molar-refractivity contribution in [3.05, 3.63) is 42.1 Å². The highest BCUT2D eigenvalue weighted by molar-refractivity contribution is 7.99. The van der Waals surface area contributed by atoms with Crippen molar-refractivity contribution in [3.8, 4) is 0 Å². The molecular weight excluding hydrogens is 228 g/mol. The minimum Gasteiger partial charge on any atom is -0.312 e. The van der Waals surface area contributed by atoms with E-state index in [0.29, 0.717) is 5.25 Å². The maximum atomic E-state index is 4.32. The van der Waals surface area contributed by atoms with Gasteiger partial charge in [0, 0.05) is 29.9 Å². The summed E-state index contributed by atoms with van der Waals surface area (Å²) in [6.45, 7) is 4.21. The van der Waals surface area contributed by atoms with Gasteiger partial charge in [0.1, 0.15) is 0 Å². The van der Waals surface area contributed by atoms with Crippen LogP contribution < -0.4 is 5.32 Å². The fourth-order valence-electron chi connectivity index (χ4n) is 1.74. The smallest absolute Gasteiger partial charge is 0.0702 e. The average Bonchev–Trinajstić information content (AvgIpc) is 2.38. The molecule has 1 N–H and O–H groups in total. The van der Waals surface area contributed by atoms with Crippen LogP contribution >= 0.6 is 11.8 Å². The summed E-state index contributed by atoms with van der Waals surface area (Å²) in [5, 5.41) is 5.35. The summed E-state index contributed by atoms with van der Waals surface area (Å²) in [5.41, 5.74) is 2.38. The highest BCUT2D eigenvalue weighted by Crippen LogP contribution is 2.13. The quantitative estimate of drug-likeness (QED) is 0.877. The maximum Gasteiger partial charge on any atom is 0.0702 e. The normalized spacial score (nSPS) is 12.8. The molecule has 0 saturated carbocycles. The van der Waals surface area contributed by atoms with E-state index in [9.17, 15) is 0 Å². The maximum absolute atomic E-state index is 4.32. The highest BCUT2D eigenvalue weighted by Gasteiger charge is 2.00. The summed E-state index contributed by atoms with van der Waals surface area (Å²) in [4.78, 5) is 4.32. The van der Waals surface area contributed by atoms with Gasteiger partial charge in [-0.1, -0.05) is 19.1 Å². The van der Waals surface area contributed by atoms with Crippen molar-refractivity contribution in [2.24, 2.45) is 0 Å². The van der Waals surface area contributed by atoms with Crippen LogP contribution in [0.2, 0.25) is 0 Å². The summed E-state index contributed by atoms with van der Waals surface area (Å²) in [6.07, 6.45) is 3.98. The van der Waals surface area contributed by atoms with Gasteiger partial charge in [-0.3, -0.25) is 4.98 Å². The average molecular weight is 246 g/mol. The lowest BCUT2D eigenvalue weighted by atomic mass is 10.1. The van der Waals surface area contributed by atoms with E-state index in [2.05, 4.69) is 47.7 Å². The first-order valence-corrected chi connectivity index (χ1v) is 7.15. The second-order valence-corrected chi connectivity index (χ2v) is 5.48. The summed E-state index contributed by atoms with van der Waals surface area (Å²) < 4.78 is 0. The van der Waals surface area contributed by atoms with Crippen LogP contribution in [0.3, 0.4) is 0 Å². The number of thioether (sulfide) groups is 1. The molecule has 2 nitrogen and oxygen atoms in total. The van der Waals surface area contributed by atoms with Crippen molar-refractivity contribution in [1.29, 1.82) is 0 Å². The molecule has 2 aromatic rings. The van der Waals surface area contributed by atoms with E-state index in [1.165, 1.54) is 10.9 Å². The van der Waals surface area contributed by atoms with E-state index in [1.54, 1.807) is 0 Å². The van der Waals surface area contributed by atoms with Gasteiger partial charge in [-0.15, -0.1) is 0 Å². The number of fused-ring (bicyclic) bond motifs is 1. The fraction of sp³-hybridized carbons (Fsp3) is 0.357. The van der Waals surface area contributed by atoms with Crippen LogP contribution in [0, 0.1) is 0 Å². The Labute approximate surface area is 107 Å². The van der Waals surface area contributed by atoms with Crippen molar-refractivity contribution in [2.45, 2.75) is 18.7 Å². The van der Waals surface area contributed by atoms with Gasteiger partial charge in [0.25, 0.3) is 0 Å². The van der Waals surface area contributed by atoms with Crippen molar-refractivity contribution in [3.63, 3.8) is 0 Å². The standard InChI is InChI=1S/C14H18N2S/c1-11(17-2)9-15-10-12-5-6-14-13(8-12)4-3-7-16-14/h3-8,11,15H,9-10H2,1-2H3. The molecule has 0 saturated heterocycles. The van der Waals surface area contributed by atoms with Gasteiger partial charge in [-0.2, -0.15) is 11.8 Å². The molecule has 1 atom stereocenters. The van der Waals surface area contributed by atoms with E-state index < -0.39 is 0 Å². The molecule has 0 aliphatic rings. The third-order valence-electron chi connectivity index (χ3n) is 2.83. The minimum absolute atomic E-state index is 0.664. The van der Waals surface area contributed by atoms with Crippen LogP contribution in [0.5, 0.6) is 0 Å². The molecule has 2 rings (SSSR count). The molecule has 1 aromatic heterocycles. The van der Waals surface area contributed by atoms with E-state index in [4.69, 9.17) is 0 Å². The predicted octanol–water partition coefficient (Wildman–Crippen LogP) is 3.08. The first-order valence-electron chi connectivity index (χ1n) is 5.87. The second-order valence-electron chi connectivity index (χ2n) is 4.21. The van der Waals surface area contributed by atoms with Crippen LogP contribution in [0.15, 0.2) is 36.5 Å². The third-order valence-corrected chi connectivity index (χ3v) is 3.80. The first kappa shape index (κ1) is 12.4. The Kier molecular flexibility index (Phi) is 4.40. The molecule has 17 heavy (non-hydrogen) atoms. The fourth-order valence-corrected chi connectivity index (χ4v) is 2.02. The van der Waals surface area contributed by atoms with Gasteiger partial charge in [0.2, 0.25) is 0 Å². The van der Waals surface area contributed by atoms with E-state index >= 15 is 0 Å². The van der Waals surface area contributed by atoms with Gasteiger partial charge in [-0.25, -0.2) is 0 Å². The summed E-state index contributed by atoms with van der Waals surface area (Å²) in [7, 11) is 0. The zero-order valence-electron chi connectivity index (χ0n) is 10.3. The number of aromatic nitrogens is 1. The Morgan fingerprint density at radius 2 is 2.24 bits per heavy atom. The largest absolute Gasteiger partial charge is 0.312 e. The molecule has 0 aliphatic carbocycles.